The van der Waals surface area contributed by atoms with Gasteiger partial charge in [0, 0.05) is 12.6 Å². The van der Waals surface area contributed by atoms with E-state index in [2.05, 4.69) is 40.4 Å². The molecule has 2 rings (SSSR count). The lowest BCUT2D eigenvalue weighted by Crippen LogP contribution is -1.99. The van der Waals surface area contributed by atoms with E-state index in [0.717, 1.165) is 12.0 Å². The first-order chi connectivity index (χ1) is 8.78. The van der Waals surface area contributed by atoms with Crippen molar-refractivity contribution in [1.82, 2.24) is 9.97 Å². The fraction of sp³-hybridized carbons (Fsp3) is 0.214. The highest BCUT2D eigenvalue weighted by Crippen LogP contribution is 2.19. The van der Waals surface area contributed by atoms with E-state index in [1.165, 1.54) is 5.56 Å². The van der Waals surface area contributed by atoms with Gasteiger partial charge in [0.2, 0.25) is 0 Å². The van der Waals surface area contributed by atoms with Gasteiger partial charge in [-0.3, -0.25) is 0 Å². The summed E-state index contributed by atoms with van der Waals surface area (Å²) >= 11 is 0. The molecule has 0 aliphatic carbocycles. The van der Waals surface area contributed by atoms with Gasteiger partial charge in [-0.05, 0) is 12.0 Å². The molecule has 0 aliphatic heterocycles. The van der Waals surface area contributed by atoms with Crippen LogP contribution in [0.4, 0.5) is 5.82 Å². The largest absolute Gasteiger partial charge is 0.372 e. The Hall–Kier alpha value is -2.41. The summed E-state index contributed by atoms with van der Waals surface area (Å²) in [4.78, 5) is 8.55. The first kappa shape index (κ1) is 12.1. The topological polar surface area (TPSA) is 61.6 Å². The summed E-state index contributed by atoms with van der Waals surface area (Å²) in [5, 5.41) is 11.8. The molecule has 2 aromatic rings. The number of aromatic nitrogens is 2. The van der Waals surface area contributed by atoms with Gasteiger partial charge in [0.25, 0.3) is 0 Å². The zero-order chi connectivity index (χ0) is 13.0. The molecule has 0 atom stereocenters. The first-order valence-electron chi connectivity index (χ1n) is 5.82. The highest BCUT2D eigenvalue weighted by Gasteiger charge is 2.06. The van der Waals surface area contributed by atoms with E-state index in [-0.39, 0.29) is 0 Å². The molecule has 0 bridgehead atoms. The summed E-state index contributed by atoms with van der Waals surface area (Å²) in [6.45, 7) is 2.12. The Labute approximate surface area is 106 Å². The molecule has 1 heterocycles. The molecule has 1 aromatic carbocycles. The predicted octanol–water partition coefficient (Wildman–Crippen LogP) is 2.62. The third kappa shape index (κ3) is 2.30. The molecular weight excluding hydrogens is 224 g/mol. The minimum Gasteiger partial charge on any atom is -0.372 e. The minimum atomic E-state index is 0.450. The van der Waals surface area contributed by atoms with Crippen LogP contribution in [0.3, 0.4) is 0 Å². The SMILES string of the molecule is CCc1ccc(-c2ncc(C#N)c(NC)n2)cc1. The van der Waals surface area contributed by atoms with Gasteiger partial charge in [-0.1, -0.05) is 31.2 Å². The molecule has 4 heteroatoms. The smallest absolute Gasteiger partial charge is 0.161 e. The number of nitrogens with one attached hydrogen (secondary N) is 1. The summed E-state index contributed by atoms with van der Waals surface area (Å²) in [7, 11) is 1.74. The Morgan fingerprint density at radius 2 is 2.00 bits per heavy atom. The second kappa shape index (κ2) is 5.28. The van der Waals surface area contributed by atoms with Gasteiger partial charge < -0.3 is 5.32 Å². The van der Waals surface area contributed by atoms with Gasteiger partial charge in [0.15, 0.2) is 5.82 Å². The van der Waals surface area contributed by atoms with E-state index in [0.29, 0.717) is 17.2 Å². The normalized spacial score (nSPS) is 9.83. The fourth-order valence-electron chi connectivity index (χ4n) is 1.68. The summed E-state index contributed by atoms with van der Waals surface area (Å²) in [5.41, 5.74) is 2.68. The molecule has 0 radical (unpaired) electrons. The molecule has 1 N–H and O–H groups in total. The Morgan fingerprint density at radius 3 is 2.56 bits per heavy atom. The number of hydrogen-bond donors (Lipinski definition) is 1. The molecule has 18 heavy (non-hydrogen) atoms. The summed E-state index contributed by atoms with van der Waals surface area (Å²) in [6.07, 6.45) is 2.55. The van der Waals surface area contributed by atoms with Gasteiger partial charge >= 0.3 is 0 Å². The highest BCUT2D eigenvalue weighted by atomic mass is 15.0. The van der Waals surface area contributed by atoms with Crippen LogP contribution in [-0.4, -0.2) is 17.0 Å². The van der Waals surface area contributed by atoms with Crippen molar-refractivity contribution in [2.75, 3.05) is 12.4 Å². The molecule has 0 aliphatic rings. The number of nitrogens with zero attached hydrogens (tertiary/aromatic N) is 3. The van der Waals surface area contributed by atoms with Crippen LogP contribution in [0, 0.1) is 11.3 Å². The van der Waals surface area contributed by atoms with Crippen LogP contribution in [0.25, 0.3) is 11.4 Å². The second-order valence-electron chi connectivity index (χ2n) is 3.87. The Kier molecular flexibility index (Phi) is 3.54. The van der Waals surface area contributed by atoms with E-state index < -0.39 is 0 Å². The first-order valence-corrected chi connectivity index (χ1v) is 5.82. The number of aryl methyl sites for hydroxylation is 1. The van der Waals surface area contributed by atoms with Crippen molar-refractivity contribution in [3.63, 3.8) is 0 Å². The number of hydrogen-bond acceptors (Lipinski definition) is 4. The van der Waals surface area contributed by atoms with Crippen molar-refractivity contribution in [3.8, 4) is 17.5 Å². The highest BCUT2D eigenvalue weighted by molar-refractivity contribution is 5.60. The van der Waals surface area contributed by atoms with Gasteiger partial charge in [-0.15, -0.1) is 0 Å². The Bertz CT molecular complexity index is 582. The van der Waals surface area contributed by atoms with Crippen molar-refractivity contribution in [1.29, 1.82) is 5.26 Å². The molecule has 0 saturated carbocycles. The summed E-state index contributed by atoms with van der Waals surface area (Å²) in [5.74, 6) is 1.18. The second-order valence-corrected chi connectivity index (χ2v) is 3.87. The minimum absolute atomic E-state index is 0.450. The van der Waals surface area contributed by atoms with E-state index in [4.69, 9.17) is 5.26 Å². The number of rotatable bonds is 3. The molecule has 0 spiro atoms. The standard InChI is InChI=1S/C14H14N4/c1-3-10-4-6-11(7-5-10)14-17-9-12(8-15)13(16-2)18-14/h4-7,9H,3H2,1-2H3,(H,16,17,18). The third-order valence-corrected chi connectivity index (χ3v) is 2.77. The van der Waals surface area contributed by atoms with Crippen LogP contribution >= 0.6 is 0 Å². The van der Waals surface area contributed by atoms with Crippen molar-refractivity contribution >= 4 is 5.82 Å². The number of anilines is 1. The Balaban J connectivity index is 2.41. The summed E-state index contributed by atoms with van der Waals surface area (Å²) < 4.78 is 0. The van der Waals surface area contributed by atoms with Gasteiger partial charge in [-0.25, -0.2) is 9.97 Å². The van der Waals surface area contributed by atoms with E-state index in [1.807, 2.05) is 12.1 Å². The van der Waals surface area contributed by atoms with Crippen molar-refractivity contribution in [2.45, 2.75) is 13.3 Å². The van der Waals surface area contributed by atoms with E-state index in [9.17, 15) is 0 Å². The monoisotopic (exact) mass is 238 g/mol. The molecule has 90 valence electrons. The lowest BCUT2D eigenvalue weighted by Gasteiger charge is -2.05. The number of nitriles is 1. The van der Waals surface area contributed by atoms with E-state index in [1.54, 1.807) is 13.2 Å². The maximum atomic E-state index is 8.91. The van der Waals surface area contributed by atoms with Crippen LogP contribution in [0.15, 0.2) is 30.5 Å². The van der Waals surface area contributed by atoms with Gasteiger partial charge in [-0.2, -0.15) is 5.26 Å². The summed E-state index contributed by atoms with van der Waals surface area (Å²) in [6, 6.07) is 10.2. The maximum absolute atomic E-state index is 8.91. The van der Waals surface area contributed by atoms with Crippen molar-refractivity contribution in [3.05, 3.63) is 41.6 Å². The molecule has 0 amide bonds. The average Bonchev–Trinajstić information content (AvgIpc) is 2.46. The molecule has 1 aromatic heterocycles. The molecule has 0 fully saturated rings. The number of benzene rings is 1. The van der Waals surface area contributed by atoms with Crippen molar-refractivity contribution < 1.29 is 0 Å². The zero-order valence-corrected chi connectivity index (χ0v) is 10.4. The molecular formula is C14H14N4. The van der Waals surface area contributed by atoms with E-state index >= 15 is 0 Å². The van der Waals surface area contributed by atoms with Crippen LogP contribution < -0.4 is 5.32 Å². The predicted molar refractivity (Wildman–Crippen MR) is 71.1 cm³/mol. The van der Waals surface area contributed by atoms with Gasteiger partial charge in [0.05, 0.1) is 6.20 Å². The van der Waals surface area contributed by atoms with Crippen LogP contribution in [0.5, 0.6) is 0 Å². The van der Waals surface area contributed by atoms with Crippen molar-refractivity contribution in [2.24, 2.45) is 0 Å². The fourth-order valence-corrected chi connectivity index (χ4v) is 1.68. The maximum Gasteiger partial charge on any atom is 0.161 e. The molecule has 0 saturated heterocycles. The van der Waals surface area contributed by atoms with Crippen LogP contribution in [-0.2, 0) is 6.42 Å². The lowest BCUT2D eigenvalue weighted by molar-refractivity contribution is 1.13. The Morgan fingerprint density at radius 1 is 1.28 bits per heavy atom. The average molecular weight is 238 g/mol. The zero-order valence-electron chi connectivity index (χ0n) is 10.4. The lowest BCUT2D eigenvalue weighted by atomic mass is 10.1. The van der Waals surface area contributed by atoms with Crippen LogP contribution in [0.1, 0.15) is 18.1 Å². The third-order valence-electron chi connectivity index (χ3n) is 2.77. The quantitative estimate of drug-likeness (QED) is 0.892. The van der Waals surface area contributed by atoms with Crippen LogP contribution in [0.2, 0.25) is 0 Å². The van der Waals surface area contributed by atoms with Gasteiger partial charge in [0.1, 0.15) is 17.5 Å². The molecule has 0 unspecified atom stereocenters. The molecule has 4 nitrogen and oxygen atoms in total.